The summed E-state index contributed by atoms with van der Waals surface area (Å²) in [6, 6.07) is 0. The van der Waals surface area contributed by atoms with Gasteiger partial charge in [0.2, 0.25) is 11.8 Å². The topological polar surface area (TPSA) is 58.4 Å². The molecule has 0 bridgehead atoms. The van der Waals surface area contributed by atoms with Gasteiger partial charge >= 0.3 is 0 Å². The van der Waals surface area contributed by atoms with Crippen LogP contribution in [0.4, 0.5) is 0 Å². The van der Waals surface area contributed by atoms with E-state index in [9.17, 15) is 9.59 Å². The number of nitrogens with zero attached hydrogens (tertiary/aromatic N) is 4. The third-order valence-electron chi connectivity index (χ3n) is 4.44. The largest absolute Gasteiger partial charge is 0.339 e. The molecule has 0 spiro atoms. The van der Waals surface area contributed by atoms with Crippen LogP contribution in [-0.4, -0.2) is 57.6 Å². The second kappa shape index (κ2) is 8.71. The molecule has 26 heavy (non-hydrogen) atoms. The first kappa shape index (κ1) is 20.5. The Hall–Kier alpha value is -1.82. The number of aromatic nitrogens is 2. The summed E-state index contributed by atoms with van der Waals surface area (Å²) in [5.74, 6) is 0.515. The van der Waals surface area contributed by atoms with Crippen LogP contribution in [0.15, 0.2) is 6.08 Å². The summed E-state index contributed by atoms with van der Waals surface area (Å²) in [5, 5.41) is 5.01. The molecule has 2 rings (SSSR count). The maximum absolute atomic E-state index is 12.5. The van der Waals surface area contributed by atoms with Crippen molar-refractivity contribution in [1.29, 1.82) is 0 Å². The number of halogens is 1. The van der Waals surface area contributed by atoms with Gasteiger partial charge < -0.3 is 9.80 Å². The number of amides is 2. The molecule has 144 valence electrons. The minimum atomic E-state index is -0.0614. The Bertz CT molecular complexity index is 686. The zero-order valence-electron chi connectivity index (χ0n) is 16.3. The first-order valence-electron chi connectivity index (χ1n) is 9.19. The number of aryl methyl sites for hydroxylation is 1. The van der Waals surface area contributed by atoms with Crippen LogP contribution in [0.2, 0.25) is 5.15 Å². The molecule has 0 unspecified atom stereocenters. The van der Waals surface area contributed by atoms with E-state index in [0.29, 0.717) is 37.3 Å². The summed E-state index contributed by atoms with van der Waals surface area (Å²) in [6.07, 6.45) is 3.30. The number of hydrogen-bond donors (Lipinski definition) is 0. The molecule has 0 atom stereocenters. The summed E-state index contributed by atoms with van der Waals surface area (Å²) in [6.45, 7) is 12.9. The van der Waals surface area contributed by atoms with E-state index in [4.69, 9.17) is 11.6 Å². The van der Waals surface area contributed by atoms with Crippen molar-refractivity contribution < 1.29 is 9.59 Å². The van der Waals surface area contributed by atoms with Crippen LogP contribution >= 0.6 is 11.6 Å². The van der Waals surface area contributed by atoms with E-state index in [-0.39, 0.29) is 17.7 Å². The second-order valence-corrected chi connectivity index (χ2v) is 7.86. The van der Waals surface area contributed by atoms with Crippen LogP contribution in [0.1, 0.15) is 39.0 Å². The lowest BCUT2D eigenvalue weighted by Gasteiger charge is -2.35. The highest BCUT2D eigenvalue weighted by Gasteiger charge is 2.24. The van der Waals surface area contributed by atoms with Gasteiger partial charge in [-0.05, 0) is 18.9 Å². The molecule has 0 radical (unpaired) electrons. The van der Waals surface area contributed by atoms with Crippen LogP contribution in [0.25, 0.3) is 6.08 Å². The van der Waals surface area contributed by atoms with Gasteiger partial charge in [0.25, 0.3) is 0 Å². The highest BCUT2D eigenvalue weighted by molar-refractivity contribution is 6.31. The van der Waals surface area contributed by atoms with Gasteiger partial charge in [-0.25, -0.2) is 0 Å². The molecule has 0 N–H and O–H groups in total. The maximum Gasteiger partial charge on any atom is 0.246 e. The molecule has 7 heteroatoms. The lowest BCUT2D eigenvalue weighted by Crippen LogP contribution is -2.51. The summed E-state index contributed by atoms with van der Waals surface area (Å²) < 4.78 is 1.78. The molecular weight excluding hydrogens is 352 g/mol. The van der Waals surface area contributed by atoms with Crippen LogP contribution in [0, 0.1) is 18.8 Å². The molecule has 0 aromatic carbocycles. The van der Waals surface area contributed by atoms with Gasteiger partial charge in [0.1, 0.15) is 5.15 Å². The van der Waals surface area contributed by atoms with Crippen molar-refractivity contribution in [3.8, 4) is 0 Å². The second-order valence-electron chi connectivity index (χ2n) is 7.50. The molecule has 2 amide bonds. The minimum Gasteiger partial charge on any atom is -0.339 e. The van der Waals surface area contributed by atoms with Crippen molar-refractivity contribution in [3.63, 3.8) is 0 Å². The molecule has 1 aromatic rings. The van der Waals surface area contributed by atoms with Gasteiger partial charge in [0.15, 0.2) is 0 Å². The monoisotopic (exact) mass is 380 g/mol. The fourth-order valence-corrected chi connectivity index (χ4v) is 3.30. The molecule has 1 fully saturated rings. The predicted molar refractivity (Wildman–Crippen MR) is 104 cm³/mol. The molecule has 6 nitrogen and oxygen atoms in total. The average Bonchev–Trinajstić information content (AvgIpc) is 2.85. The number of piperazine rings is 1. The van der Waals surface area contributed by atoms with E-state index in [1.165, 1.54) is 0 Å². The zero-order chi connectivity index (χ0) is 19.4. The number of hydrogen-bond acceptors (Lipinski definition) is 3. The van der Waals surface area contributed by atoms with Crippen LogP contribution in [-0.2, 0) is 16.1 Å². The van der Waals surface area contributed by atoms with Crippen molar-refractivity contribution in [2.75, 3.05) is 26.2 Å². The molecule has 1 aromatic heterocycles. The first-order chi connectivity index (χ1) is 12.2. The Morgan fingerprint density at radius 3 is 2.23 bits per heavy atom. The third kappa shape index (κ3) is 4.87. The van der Waals surface area contributed by atoms with Crippen molar-refractivity contribution in [1.82, 2.24) is 19.6 Å². The Balaban J connectivity index is 1.98. The van der Waals surface area contributed by atoms with Crippen LogP contribution in [0.3, 0.4) is 0 Å². The Morgan fingerprint density at radius 2 is 1.69 bits per heavy atom. The molecule has 1 saturated heterocycles. The Morgan fingerprint density at radius 1 is 1.12 bits per heavy atom. The third-order valence-corrected chi connectivity index (χ3v) is 4.84. The number of rotatable bonds is 5. The van der Waals surface area contributed by atoms with Gasteiger partial charge in [-0.2, -0.15) is 5.10 Å². The lowest BCUT2D eigenvalue weighted by molar-refractivity contribution is -0.139. The quantitative estimate of drug-likeness (QED) is 0.738. The zero-order valence-corrected chi connectivity index (χ0v) is 17.1. The summed E-state index contributed by atoms with van der Waals surface area (Å²) in [5.41, 5.74) is 1.60. The van der Waals surface area contributed by atoms with Crippen LogP contribution < -0.4 is 0 Å². The molecular formula is C19H29ClN4O2. The van der Waals surface area contributed by atoms with E-state index >= 15 is 0 Å². The molecule has 2 heterocycles. The van der Waals surface area contributed by atoms with Gasteiger partial charge in [-0.15, -0.1) is 0 Å². The van der Waals surface area contributed by atoms with E-state index in [2.05, 4.69) is 18.9 Å². The Labute approximate surface area is 160 Å². The maximum atomic E-state index is 12.5. The SMILES string of the molecule is Cc1nn(CC(C)C)c(Cl)c1/C=C/C(=O)N1CCN(C(=O)C(C)C)CC1. The van der Waals surface area contributed by atoms with Gasteiger partial charge in [0.05, 0.1) is 5.69 Å². The highest BCUT2D eigenvalue weighted by atomic mass is 35.5. The van der Waals surface area contributed by atoms with E-state index in [1.54, 1.807) is 21.7 Å². The number of carbonyl (C=O) groups is 2. The predicted octanol–water partition coefficient (Wildman–Crippen LogP) is 2.84. The minimum absolute atomic E-state index is 0.00959. The summed E-state index contributed by atoms with van der Waals surface area (Å²) in [4.78, 5) is 28.1. The van der Waals surface area contributed by atoms with Gasteiger partial charge in [-0.1, -0.05) is 39.3 Å². The number of carbonyl (C=O) groups excluding carboxylic acids is 2. The van der Waals surface area contributed by atoms with Crippen molar-refractivity contribution >= 4 is 29.5 Å². The van der Waals surface area contributed by atoms with E-state index in [0.717, 1.165) is 17.8 Å². The summed E-state index contributed by atoms with van der Waals surface area (Å²) >= 11 is 6.41. The lowest BCUT2D eigenvalue weighted by atomic mass is 10.1. The molecule has 1 aliphatic heterocycles. The van der Waals surface area contributed by atoms with E-state index < -0.39 is 0 Å². The standard InChI is InChI=1S/C19H29ClN4O2/c1-13(2)12-24-18(20)16(15(5)21-24)6-7-17(25)22-8-10-23(11-9-22)19(26)14(3)4/h6-7,13-14H,8-12H2,1-5H3/b7-6+. The highest BCUT2D eigenvalue weighted by Crippen LogP contribution is 2.22. The molecule has 0 saturated carbocycles. The normalized spacial score (nSPS) is 15.5. The van der Waals surface area contributed by atoms with Crippen LogP contribution in [0.5, 0.6) is 0 Å². The van der Waals surface area contributed by atoms with Crippen molar-refractivity contribution in [2.45, 2.75) is 41.2 Å². The Kier molecular flexibility index (Phi) is 6.87. The molecule has 1 aliphatic rings. The summed E-state index contributed by atoms with van der Waals surface area (Å²) in [7, 11) is 0. The van der Waals surface area contributed by atoms with Gasteiger partial charge in [-0.3, -0.25) is 14.3 Å². The smallest absolute Gasteiger partial charge is 0.246 e. The van der Waals surface area contributed by atoms with Crippen molar-refractivity contribution in [3.05, 3.63) is 22.5 Å². The van der Waals surface area contributed by atoms with Gasteiger partial charge in [0, 0.05) is 50.3 Å². The average molecular weight is 381 g/mol. The molecule has 0 aliphatic carbocycles. The van der Waals surface area contributed by atoms with Crippen molar-refractivity contribution in [2.24, 2.45) is 11.8 Å². The first-order valence-corrected chi connectivity index (χ1v) is 9.57. The fraction of sp³-hybridized carbons (Fsp3) is 0.632. The fourth-order valence-electron chi connectivity index (χ4n) is 3.00. The van der Waals surface area contributed by atoms with E-state index in [1.807, 2.05) is 25.7 Å².